The van der Waals surface area contributed by atoms with Crippen molar-refractivity contribution in [2.24, 2.45) is 0 Å². The first-order chi connectivity index (χ1) is 12.0. The number of anilines is 1. The Bertz CT molecular complexity index is 804. The SMILES string of the molecule is Cc1cc(C)cc(NC(=O)COC(=O)COc2ccccc2C#N)c1. The molecule has 2 rings (SSSR count). The zero-order valence-electron chi connectivity index (χ0n) is 14.0. The molecule has 0 aliphatic rings. The molecule has 25 heavy (non-hydrogen) atoms. The van der Waals surface area contributed by atoms with E-state index in [-0.39, 0.29) is 6.61 Å². The molecular weight excluding hydrogens is 320 g/mol. The number of ether oxygens (including phenoxy) is 2. The van der Waals surface area contributed by atoms with Gasteiger partial charge in [0.25, 0.3) is 5.91 Å². The van der Waals surface area contributed by atoms with E-state index in [1.807, 2.05) is 38.1 Å². The molecule has 0 heterocycles. The first kappa shape index (κ1) is 18.0. The Kier molecular flexibility index (Phi) is 6.13. The van der Waals surface area contributed by atoms with Crippen LogP contribution in [0.25, 0.3) is 0 Å². The van der Waals surface area contributed by atoms with Crippen LogP contribution in [-0.4, -0.2) is 25.1 Å². The van der Waals surface area contributed by atoms with Crippen LogP contribution in [0.1, 0.15) is 16.7 Å². The van der Waals surface area contributed by atoms with Crippen LogP contribution in [0.15, 0.2) is 42.5 Å². The van der Waals surface area contributed by atoms with Gasteiger partial charge >= 0.3 is 5.97 Å². The lowest BCUT2D eigenvalue weighted by molar-refractivity contribution is -0.149. The van der Waals surface area contributed by atoms with Crippen molar-refractivity contribution in [1.82, 2.24) is 0 Å². The summed E-state index contributed by atoms with van der Waals surface area (Å²) in [6, 6.07) is 14.2. The Labute approximate surface area is 146 Å². The van der Waals surface area contributed by atoms with E-state index in [9.17, 15) is 9.59 Å². The molecule has 0 bridgehead atoms. The molecule has 0 saturated heterocycles. The van der Waals surface area contributed by atoms with Crippen LogP contribution in [0, 0.1) is 25.2 Å². The largest absolute Gasteiger partial charge is 0.481 e. The lowest BCUT2D eigenvalue weighted by Gasteiger charge is -2.09. The molecule has 0 fully saturated rings. The van der Waals surface area contributed by atoms with E-state index in [1.165, 1.54) is 0 Å². The molecular formula is C19H18N2O4. The number of carbonyl (C=O) groups excluding carboxylic acids is 2. The van der Waals surface area contributed by atoms with Gasteiger partial charge in [-0.2, -0.15) is 5.26 Å². The number of nitrogens with one attached hydrogen (secondary N) is 1. The number of amides is 1. The number of aryl methyl sites for hydroxylation is 2. The van der Waals surface area contributed by atoms with Gasteiger partial charge in [0.05, 0.1) is 5.56 Å². The van der Waals surface area contributed by atoms with Crippen molar-refractivity contribution in [2.45, 2.75) is 13.8 Å². The van der Waals surface area contributed by atoms with E-state index >= 15 is 0 Å². The van der Waals surface area contributed by atoms with Gasteiger partial charge in [0.1, 0.15) is 11.8 Å². The predicted octanol–water partition coefficient (Wildman–Crippen LogP) is 2.74. The summed E-state index contributed by atoms with van der Waals surface area (Å²) in [5.74, 6) is -0.833. The van der Waals surface area contributed by atoms with Crippen LogP contribution >= 0.6 is 0 Å². The molecule has 0 aromatic heterocycles. The van der Waals surface area contributed by atoms with Crippen molar-refractivity contribution in [2.75, 3.05) is 18.5 Å². The highest BCUT2D eigenvalue weighted by Crippen LogP contribution is 2.16. The Morgan fingerprint density at radius 3 is 2.44 bits per heavy atom. The lowest BCUT2D eigenvalue weighted by atomic mass is 10.1. The first-order valence-electron chi connectivity index (χ1n) is 7.63. The summed E-state index contributed by atoms with van der Waals surface area (Å²) in [5.41, 5.74) is 3.02. The number of esters is 1. The van der Waals surface area contributed by atoms with Gasteiger partial charge in [0.2, 0.25) is 0 Å². The molecule has 0 atom stereocenters. The fraction of sp³-hybridized carbons (Fsp3) is 0.211. The summed E-state index contributed by atoms with van der Waals surface area (Å²) < 4.78 is 10.1. The van der Waals surface area contributed by atoms with Crippen LogP contribution in [0.3, 0.4) is 0 Å². The van der Waals surface area contributed by atoms with Crippen LogP contribution in [0.5, 0.6) is 5.75 Å². The smallest absolute Gasteiger partial charge is 0.344 e. The minimum absolute atomic E-state index is 0.293. The summed E-state index contributed by atoms with van der Waals surface area (Å²) in [7, 11) is 0. The Morgan fingerprint density at radius 2 is 1.76 bits per heavy atom. The molecule has 6 heteroatoms. The number of rotatable bonds is 6. The molecule has 1 N–H and O–H groups in total. The van der Waals surface area contributed by atoms with Gasteiger partial charge < -0.3 is 14.8 Å². The zero-order valence-corrected chi connectivity index (χ0v) is 14.0. The molecule has 0 aliphatic heterocycles. The molecule has 2 aromatic carbocycles. The van der Waals surface area contributed by atoms with Crippen LogP contribution in [0.4, 0.5) is 5.69 Å². The standard InChI is InChI=1S/C19H18N2O4/c1-13-7-14(2)9-16(8-13)21-18(22)11-25-19(23)12-24-17-6-4-3-5-15(17)10-20/h3-9H,11-12H2,1-2H3,(H,21,22). The third kappa shape index (κ3) is 5.66. The molecule has 0 radical (unpaired) electrons. The normalized spacial score (nSPS) is 9.80. The zero-order chi connectivity index (χ0) is 18.2. The maximum absolute atomic E-state index is 11.8. The van der Waals surface area contributed by atoms with Gasteiger partial charge in [0.15, 0.2) is 13.2 Å². The fourth-order valence-corrected chi connectivity index (χ4v) is 2.25. The highest BCUT2D eigenvalue weighted by Gasteiger charge is 2.10. The van der Waals surface area contributed by atoms with E-state index < -0.39 is 18.5 Å². The summed E-state index contributed by atoms with van der Waals surface area (Å²) in [4.78, 5) is 23.5. The Morgan fingerprint density at radius 1 is 1.08 bits per heavy atom. The second-order valence-corrected chi connectivity index (χ2v) is 5.48. The van der Waals surface area contributed by atoms with E-state index in [2.05, 4.69) is 5.32 Å². The average Bonchev–Trinajstić information content (AvgIpc) is 2.57. The van der Waals surface area contributed by atoms with Crippen molar-refractivity contribution < 1.29 is 19.1 Å². The van der Waals surface area contributed by atoms with Crippen molar-refractivity contribution in [3.63, 3.8) is 0 Å². The minimum Gasteiger partial charge on any atom is -0.481 e. The highest BCUT2D eigenvalue weighted by molar-refractivity contribution is 5.93. The molecule has 0 aliphatic carbocycles. The van der Waals surface area contributed by atoms with Gasteiger partial charge in [-0.3, -0.25) is 4.79 Å². The molecule has 0 saturated carbocycles. The number of carbonyl (C=O) groups is 2. The third-order valence-electron chi connectivity index (χ3n) is 3.22. The second kappa shape index (κ2) is 8.50. The fourth-order valence-electron chi connectivity index (χ4n) is 2.25. The van der Waals surface area contributed by atoms with Crippen LogP contribution < -0.4 is 10.1 Å². The van der Waals surface area contributed by atoms with Gasteiger partial charge in [0, 0.05) is 5.69 Å². The summed E-state index contributed by atoms with van der Waals surface area (Å²) in [6.45, 7) is 3.07. The molecule has 0 spiro atoms. The number of nitriles is 1. The summed E-state index contributed by atoms with van der Waals surface area (Å²) in [5, 5.41) is 11.6. The topological polar surface area (TPSA) is 88.4 Å². The molecule has 128 valence electrons. The van der Waals surface area contributed by atoms with Gasteiger partial charge in [-0.15, -0.1) is 0 Å². The quantitative estimate of drug-likeness (QED) is 0.818. The predicted molar refractivity (Wildman–Crippen MR) is 92.2 cm³/mol. The molecule has 0 unspecified atom stereocenters. The van der Waals surface area contributed by atoms with Gasteiger partial charge in [-0.25, -0.2) is 4.79 Å². The van der Waals surface area contributed by atoms with E-state index in [4.69, 9.17) is 14.7 Å². The van der Waals surface area contributed by atoms with Gasteiger partial charge in [-0.05, 0) is 49.2 Å². The number of benzene rings is 2. The summed E-state index contributed by atoms with van der Waals surface area (Å²) in [6.07, 6.45) is 0. The minimum atomic E-state index is -0.691. The first-order valence-corrected chi connectivity index (χ1v) is 7.63. The number of nitrogens with zero attached hydrogens (tertiary/aromatic N) is 1. The lowest BCUT2D eigenvalue weighted by Crippen LogP contribution is -2.23. The maximum atomic E-state index is 11.8. The van der Waals surface area contributed by atoms with E-state index in [0.717, 1.165) is 11.1 Å². The molecule has 6 nitrogen and oxygen atoms in total. The Hall–Kier alpha value is -3.33. The van der Waals surface area contributed by atoms with Crippen molar-refractivity contribution >= 4 is 17.6 Å². The maximum Gasteiger partial charge on any atom is 0.344 e. The molecule has 1 amide bonds. The highest BCUT2D eigenvalue weighted by atomic mass is 16.6. The number of hydrogen-bond acceptors (Lipinski definition) is 5. The molecule has 2 aromatic rings. The third-order valence-corrected chi connectivity index (χ3v) is 3.22. The van der Waals surface area contributed by atoms with Crippen molar-refractivity contribution in [3.05, 3.63) is 59.2 Å². The van der Waals surface area contributed by atoms with Gasteiger partial charge in [-0.1, -0.05) is 18.2 Å². The number of para-hydroxylation sites is 1. The second-order valence-electron chi connectivity index (χ2n) is 5.48. The summed E-state index contributed by atoms with van der Waals surface area (Å²) >= 11 is 0. The van der Waals surface area contributed by atoms with Crippen molar-refractivity contribution in [3.8, 4) is 11.8 Å². The number of hydrogen-bond donors (Lipinski definition) is 1. The van der Waals surface area contributed by atoms with Crippen LogP contribution in [0.2, 0.25) is 0 Å². The van der Waals surface area contributed by atoms with Crippen LogP contribution in [-0.2, 0) is 14.3 Å². The van der Waals surface area contributed by atoms with E-state index in [0.29, 0.717) is 17.0 Å². The average molecular weight is 338 g/mol. The monoisotopic (exact) mass is 338 g/mol. The van der Waals surface area contributed by atoms with E-state index in [1.54, 1.807) is 24.3 Å². The van der Waals surface area contributed by atoms with Crippen molar-refractivity contribution in [1.29, 1.82) is 5.26 Å². The Balaban J connectivity index is 1.79.